The summed E-state index contributed by atoms with van der Waals surface area (Å²) < 4.78 is 1.88. The Bertz CT molecular complexity index is 1180. The van der Waals surface area contributed by atoms with Gasteiger partial charge in [-0.2, -0.15) is 5.10 Å². The Balaban J connectivity index is 1.54. The fourth-order valence-electron chi connectivity index (χ4n) is 3.89. The molecule has 0 bridgehead atoms. The lowest BCUT2D eigenvalue weighted by atomic mass is 10.1. The zero-order valence-corrected chi connectivity index (χ0v) is 19.6. The number of carbonyl (C=O) groups excluding carboxylic acids is 1. The van der Waals surface area contributed by atoms with Crippen LogP contribution in [-0.4, -0.2) is 27.2 Å². The van der Waals surface area contributed by atoms with E-state index in [1.54, 1.807) is 0 Å². The first-order valence-corrected chi connectivity index (χ1v) is 11.7. The molecule has 1 amide bonds. The Kier molecular flexibility index (Phi) is 6.81. The molecule has 0 radical (unpaired) electrons. The highest BCUT2D eigenvalue weighted by molar-refractivity contribution is 7.14. The predicted molar refractivity (Wildman–Crippen MR) is 131 cm³/mol. The SMILES string of the molecule is Cc1nn(C)c(C)c1CCC(=O)N(CCc1ccccc1)c1nc(-c2ccccc2)cs1. The number of rotatable bonds is 8. The number of hydrogen-bond acceptors (Lipinski definition) is 4. The van der Waals surface area contributed by atoms with Gasteiger partial charge in [-0.1, -0.05) is 60.7 Å². The molecular formula is C26H28N4OS. The molecule has 2 aromatic carbocycles. The number of anilines is 1. The molecule has 0 fully saturated rings. The average molecular weight is 445 g/mol. The van der Waals surface area contributed by atoms with E-state index in [9.17, 15) is 4.79 Å². The molecule has 0 unspecified atom stereocenters. The molecule has 0 aliphatic rings. The first kappa shape index (κ1) is 22.0. The number of carbonyl (C=O) groups is 1. The molecule has 32 heavy (non-hydrogen) atoms. The second-order valence-electron chi connectivity index (χ2n) is 7.94. The van der Waals surface area contributed by atoms with Crippen LogP contribution in [0, 0.1) is 13.8 Å². The Morgan fingerprint density at radius 3 is 2.34 bits per heavy atom. The molecule has 0 N–H and O–H groups in total. The Morgan fingerprint density at radius 1 is 1.00 bits per heavy atom. The minimum atomic E-state index is 0.0949. The van der Waals surface area contributed by atoms with Crippen molar-refractivity contribution >= 4 is 22.4 Å². The summed E-state index contributed by atoms with van der Waals surface area (Å²) in [4.78, 5) is 20.0. The maximum Gasteiger partial charge on any atom is 0.229 e. The number of thiazole rings is 1. The van der Waals surface area contributed by atoms with E-state index in [1.165, 1.54) is 16.9 Å². The van der Waals surface area contributed by atoms with Gasteiger partial charge in [-0.15, -0.1) is 11.3 Å². The normalized spacial score (nSPS) is 11.0. The Labute approximate surface area is 193 Å². The zero-order chi connectivity index (χ0) is 22.5. The van der Waals surface area contributed by atoms with Gasteiger partial charge in [0.25, 0.3) is 0 Å². The summed E-state index contributed by atoms with van der Waals surface area (Å²) >= 11 is 1.53. The van der Waals surface area contributed by atoms with Crippen molar-refractivity contribution in [3.63, 3.8) is 0 Å². The van der Waals surface area contributed by atoms with Crippen LogP contribution in [0.5, 0.6) is 0 Å². The van der Waals surface area contributed by atoms with Gasteiger partial charge in [0.1, 0.15) is 0 Å². The third-order valence-electron chi connectivity index (χ3n) is 5.81. The summed E-state index contributed by atoms with van der Waals surface area (Å²) in [6, 6.07) is 20.4. The van der Waals surface area contributed by atoms with Crippen LogP contribution in [0.15, 0.2) is 66.0 Å². The van der Waals surface area contributed by atoms with E-state index in [1.807, 2.05) is 77.5 Å². The predicted octanol–water partition coefficient (Wildman–Crippen LogP) is 5.37. The molecule has 5 nitrogen and oxygen atoms in total. The lowest BCUT2D eigenvalue weighted by Crippen LogP contribution is -2.33. The van der Waals surface area contributed by atoms with Crippen molar-refractivity contribution in [3.05, 3.63) is 88.6 Å². The van der Waals surface area contributed by atoms with Crippen LogP contribution in [0.1, 0.15) is 28.9 Å². The van der Waals surface area contributed by atoms with E-state index in [4.69, 9.17) is 4.98 Å². The van der Waals surface area contributed by atoms with Gasteiger partial charge in [-0.05, 0) is 37.8 Å². The van der Waals surface area contributed by atoms with Gasteiger partial charge in [0.15, 0.2) is 5.13 Å². The van der Waals surface area contributed by atoms with Gasteiger partial charge in [0.05, 0.1) is 11.4 Å². The van der Waals surface area contributed by atoms with Gasteiger partial charge in [0.2, 0.25) is 5.91 Å². The highest BCUT2D eigenvalue weighted by atomic mass is 32.1. The molecule has 2 heterocycles. The van der Waals surface area contributed by atoms with Gasteiger partial charge in [-0.25, -0.2) is 4.98 Å². The van der Waals surface area contributed by atoms with E-state index in [2.05, 4.69) is 24.2 Å². The van der Waals surface area contributed by atoms with E-state index in [-0.39, 0.29) is 5.91 Å². The van der Waals surface area contributed by atoms with Crippen LogP contribution in [0.2, 0.25) is 0 Å². The van der Waals surface area contributed by atoms with E-state index < -0.39 is 0 Å². The topological polar surface area (TPSA) is 51.0 Å². The van der Waals surface area contributed by atoms with Crippen LogP contribution in [0.3, 0.4) is 0 Å². The molecule has 0 spiro atoms. The Hall–Kier alpha value is -3.25. The fourth-order valence-corrected chi connectivity index (χ4v) is 4.77. The molecule has 6 heteroatoms. The van der Waals surface area contributed by atoms with Crippen molar-refractivity contribution in [2.75, 3.05) is 11.4 Å². The molecule has 2 aromatic heterocycles. The summed E-state index contributed by atoms with van der Waals surface area (Å²) in [5, 5.41) is 7.27. The summed E-state index contributed by atoms with van der Waals surface area (Å²) in [5.74, 6) is 0.0949. The molecule has 164 valence electrons. The smallest absolute Gasteiger partial charge is 0.229 e. The number of nitrogens with zero attached hydrogens (tertiary/aromatic N) is 4. The Morgan fingerprint density at radius 2 is 1.69 bits per heavy atom. The quantitative estimate of drug-likeness (QED) is 0.367. The standard InChI is InChI=1S/C26H28N4OS/c1-19-23(20(2)29(3)28-19)14-15-25(31)30(17-16-21-10-6-4-7-11-21)26-27-24(18-32-26)22-12-8-5-9-13-22/h4-13,18H,14-17H2,1-3H3. The van der Waals surface area contributed by atoms with Crippen molar-refractivity contribution in [2.45, 2.75) is 33.1 Å². The summed E-state index contributed by atoms with van der Waals surface area (Å²) in [7, 11) is 1.94. The van der Waals surface area contributed by atoms with Crippen molar-refractivity contribution in [2.24, 2.45) is 7.05 Å². The van der Waals surface area contributed by atoms with Crippen molar-refractivity contribution in [1.29, 1.82) is 0 Å². The highest BCUT2D eigenvalue weighted by Gasteiger charge is 2.21. The van der Waals surface area contributed by atoms with E-state index in [0.29, 0.717) is 19.4 Å². The molecule has 0 aliphatic heterocycles. The number of benzene rings is 2. The monoisotopic (exact) mass is 444 g/mol. The van der Waals surface area contributed by atoms with E-state index in [0.717, 1.165) is 39.8 Å². The third kappa shape index (κ3) is 4.97. The molecule has 0 saturated heterocycles. The van der Waals surface area contributed by atoms with Crippen molar-refractivity contribution in [3.8, 4) is 11.3 Å². The second kappa shape index (κ2) is 9.92. The first-order chi connectivity index (χ1) is 15.5. The minimum Gasteiger partial charge on any atom is -0.288 e. The lowest BCUT2D eigenvalue weighted by Gasteiger charge is -2.20. The van der Waals surface area contributed by atoms with Crippen molar-refractivity contribution < 1.29 is 4.79 Å². The second-order valence-corrected chi connectivity index (χ2v) is 8.77. The number of hydrogen-bond donors (Lipinski definition) is 0. The molecule has 4 rings (SSSR count). The molecular weight excluding hydrogens is 416 g/mol. The maximum absolute atomic E-state index is 13.4. The van der Waals surface area contributed by atoms with Crippen LogP contribution in [-0.2, 0) is 24.7 Å². The first-order valence-electron chi connectivity index (χ1n) is 10.9. The summed E-state index contributed by atoms with van der Waals surface area (Å²) in [6.45, 7) is 4.67. The fraction of sp³-hybridized carbons (Fsp3) is 0.269. The highest BCUT2D eigenvalue weighted by Crippen LogP contribution is 2.28. The molecule has 0 aliphatic carbocycles. The average Bonchev–Trinajstić information content (AvgIpc) is 3.39. The van der Waals surface area contributed by atoms with Gasteiger partial charge < -0.3 is 0 Å². The number of aromatic nitrogens is 3. The van der Waals surface area contributed by atoms with E-state index >= 15 is 0 Å². The number of amides is 1. The van der Waals surface area contributed by atoms with Crippen LogP contribution >= 0.6 is 11.3 Å². The maximum atomic E-state index is 13.4. The largest absolute Gasteiger partial charge is 0.288 e. The third-order valence-corrected chi connectivity index (χ3v) is 6.67. The molecule has 0 atom stereocenters. The minimum absolute atomic E-state index is 0.0949. The van der Waals surface area contributed by atoms with Crippen LogP contribution < -0.4 is 4.90 Å². The molecule has 4 aromatic rings. The summed E-state index contributed by atoms with van der Waals surface area (Å²) in [6.07, 6.45) is 1.91. The van der Waals surface area contributed by atoms with Gasteiger partial charge in [-0.3, -0.25) is 14.4 Å². The van der Waals surface area contributed by atoms with Gasteiger partial charge >= 0.3 is 0 Å². The number of aryl methyl sites for hydroxylation is 2. The lowest BCUT2D eigenvalue weighted by molar-refractivity contribution is -0.118. The van der Waals surface area contributed by atoms with Crippen LogP contribution in [0.4, 0.5) is 5.13 Å². The van der Waals surface area contributed by atoms with Crippen molar-refractivity contribution in [1.82, 2.24) is 14.8 Å². The van der Waals surface area contributed by atoms with Crippen LogP contribution in [0.25, 0.3) is 11.3 Å². The zero-order valence-electron chi connectivity index (χ0n) is 18.8. The molecule has 0 saturated carbocycles. The van der Waals surface area contributed by atoms with Gasteiger partial charge in [0, 0.05) is 36.7 Å². The summed E-state index contributed by atoms with van der Waals surface area (Å²) in [5.41, 5.74) is 6.45.